The fourth-order valence-corrected chi connectivity index (χ4v) is 4.89. The van der Waals surface area contributed by atoms with Crippen LogP contribution in [0.1, 0.15) is 64.4 Å². The van der Waals surface area contributed by atoms with Crippen LogP contribution in [0.2, 0.25) is 0 Å². The molecule has 2 aliphatic rings. The highest BCUT2D eigenvalue weighted by Crippen LogP contribution is 2.34. The van der Waals surface area contributed by atoms with Crippen molar-refractivity contribution in [2.45, 2.75) is 77.0 Å². The van der Waals surface area contributed by atoms with Gasteiger partial charge < -0.3 is 29.9 Å². The number of benzene rings is 1. The average molecular weight is 517 g/mol. The van der Waals surface area contributed by atoms with Crippen LogP contribution < -0.4 is 10.6 Å². The van der Waals surface area contributed by atoms with E-state index in [0.29, 0.717) is 64.9 Å². The molecular formula is C27H40N4O6. The Morgan fingerprint density at radius 2 is 1.78 bits per heavy atom. The molecule has 0 saturated carbocycles. The summed E-state index contributed by atoms with van der Waals surface area (Å²) in [5.41, 5.74) is -0.00411. The van der Waals surface area contributed by atoms with Crippen LogP contribution in [0.15, 0.2) is 30.3 Å². The van der Waals surface area contributed by atoms with E-state index < -0.39 is 17.7 Å². The zero-order valence-corrected chi connectivity index (χ0v) is 22.0. The molecule has 1 spiro atoms. The lowest BCUT2D eigenvalue weighted by atomic mass is 9.81. The highest BCUT2D eigenvalue weighted by atomic mass is 16.6. The quantitative estimate of drug-likeness (QED) is 0.436. The topological polar surface area (TPSA) is 117 Å². The maximum Gasteiger partial charge on any atom is 0.409 e. The molecule has 0 radical (unpaired) electrons. The normalized spacial score (nSPS) is 18.9. The van der Waals surface area contributed by atoms with Crippen LogP contribution in [-0.4, -0.2) is 78.2 Å². The summed E-state index contributed by atoms with van der Waals surface area (Å²) in [6, 6.07) is 8.87. The lowest BCUT2D eigenvalue weighted by Gasteiger charge is -2.51. The minimum atomic E-state index is -0.921. The molecule has 0 unspecified atom stereocenters. The summed E-state index contributed by atoms with van der Waals surface area (Å²) in [5.74, 6) is -0.214. The molecule has 2 aliphatic heterocycles. The summed E-state index contributed by atoms with van der Waals surface area (Å²) in [4.78, 5) is 54.2. The first-order valence-electron chi connectivity index (χ1n) is 13.4. The zero-order valence-electron chi connectivity index (χ0n) is 22.0. The van der Waals surface area contributed by atoms with Gasteiger partial charge in [-0.15, -0.1) is 0 Å². The van der Waals surface area contributed by atoms with Crippen LogP contribution in [0.3, 0.4) is 0 Å². The summed E-state index contributed by atoms with van der Waals surface area (Å²) in [7, 11) is 0. The summed E-state index contributed by atoms with van der Waals surface area (Å²) < 4.78 is 10.4. The highest BCUT2D eigenvalue weighted by molar-refractivity contribution is 6.00. The van der Waals surface area contributed by atoms with E-state index >= 15 is 0 Å². The Bertz CT molecular complexity index is 917. The number of rotatable bonds is 11. The van der Waals surface area contributed by atoms with Gasteiger partial charge in [-0.1, -0.05) is 44.2 Å². The first-order chi connectivity index (χ1) is 17.9. The van der Waals surface area contributed by atoms with Crippen molar-refractivity contribution < 1.29 is 28.7 Å². The van der Waals surface area contributed by atoms with E-state index in [9.17, 15) is 19.2 Å². The van der Waals surface area contributed by atoms with Crippen LogP contribution >= 0.6 is 0 Å². The summed E-state index contributed by atoms with van der Waals surface area (Å²) in [5, 5.41) is 5.68. The van der Waals surface area contributed by atoms with Crippen molar-refractivity contribution in [1.82, 2.24) is 20.4 Å². The fraction of sp³-hybridized carbons (Fsp3) is 0.630. The lowest BCUT2D eigenvalue weighted by Crippen LogP contribution is -2.73. The summed E-state index contributed by atoms with van der Waals surface area (Å²) in [6.45, 7) is 6.18. The number of carbonyl (C=O) groups is 4. The molecule has 37 heavy (non-hydrogen) atoms. The molecule has 0 aromatic heterocycles. The molecule has 2 N–H and O–H groups in total. The Kier molecular flexibility index (Phi) is 10.6. The van der Waals surface area contributed by atoms with E-state index in [2.05, 4.69) is 10.6 Å². The predicted molar refractivity (Wildman–Crippen MR) is 138 cm³/mol. The number of piperidine rings is 1. The highest BCUT2D eigenvalue weighted by Gasteiger charge is 2.53. The minimum Gasteiger partial charge on any atom is -0.449 e. The van der Waals surface area contributed by atoms with Crippen LogP contribution in [0, 0.1) is 0 Å². The SMILES string of the molecule is CCCOC(=O)N1CCC2(CC1)C(=O)N[C@@H](CCCCNC(=O)OCc1ccccc1)C(=O)N2CCC. The monoisotopic (exact) mass is 516 g/mol. The number of piperazine rings is 1. The number of hydrogen-bond acceptors (Lipinski definition) is 6. The van der Waals surface area contributed by atoms with Crippen molar-refractivity contribution in [3.8, 4) is 0 Å². The Morgan fingerprint density at radius 3 is 2.46 bits per heavy atom. The third-order valence-corrected chi connectivity index (χ3v) is 6.94. The van der Waals surface area contributed by atoms with Gasteiger partial charge in [0.25, 0.3) is 0 Å². The van der Waals surface area contributed by atoms with Gasteiger partial charge in [-0.3, -0.25) is 9.59 Å². The Morgan fingerprint density at radius 1 is 1.05 bits per heavy atom. The fourth-order valence-electron chi connectivity index (χ4n) is 4.89. The number of amides is 4. The molecule has 1 atom stereocenters. The van der Waals surface area contributed by atoms with Crippen LogP contribution in [0.4, 0.5) is 9.59 Å². The number of ether oxygens (including phenoxy) is 2. The molecule has 0 aliphatic carbocycles. The van der Waals surface area contributed by atoms with E-state index in [4.69, 9.17) is 9.47 Å². The van der Waals surface area contributed by atoms with Crippen molar-refractivity contribution in [2.75, 3.05) is 32.8 Å². The number of hydrogen-bond donors (Lipinski definition) is 2. The summed E-state index contributed by atoms with van der Waals surface area (Å²) >= 11 is 0. The molecule has 0 bridgehead atoms. The van der Waals surface area contributed by atoms with Gasteiger partial charge in [0.15, 0.2) is 0 Å². The molecule has 4 amide bonds. The van der Waals surface area contributed by atoms with Crippen molar-refractivity contribution in [1.29, 1.82) is 0 Å². The van der Waals surface area contributed by atoms with E-state index in [1.165, 1.54) is 0 Å². The number of likely N-dealkylation sites (tertiary alicyclic amines) is 1. The second-order valence-corrected chi connectivity index (χ2v) is 9.63. The molecule has 10 nitrogen and oxygen atoms in total. The Hall–Kier alpha value is -3.30. The smallest absolute Gasteiger partial charge is 0.409 e. The molecular weight excluding hydrogens is 476 g/mol. The second-order valence-electron chi connectivity index (χ2n) is 9.63. The van der Waals surface area contributed by atoms with Crippen molar-refractivity contribution in [3.05, 3.63) is 35.9 Å². The Balaban J connectivity index is 1.44. The predicted octanol–water partition coefficient (Wildman–Crippen LogP) is 3.20. The van der Waals surface area contributed by atoms with Crippen molar-refractivity contribution in [2.24, 2.45) is 0 Å². The van der Waals surface area contributed by atoms with E-state index in [-0.39, 0.29) is 24.5 Å². The number of nitrogens with zero attached hydrogens (tertiary/aromatic N) is 2. The lowest BCUT2D eigenvalue weighted by molar-refractivity contribution is -0.161. The molecule has 10 heteroatoms. The molecule has 3 rings (SSSR count). The van der Waals surface area contributed by atoms with Crippen molar-refractivity contribution >= 4 is 24.0 Å². The number of carbonyl (C=O) groups excluding carboxylic acids is 4. The third kappa shape index (κ3) is 7.36. The number of alkyl carbamates (subject to hydrolysis) is 1. The van der Waals surface area contributed by atoms with Gasteiger partial charge in [-0.05, 0) is 50.5 Å². The first kappa shape index (κ1) is 28.3. The van der Waals surface area contributed by atoms with Gasteiger partial charge >= 0.3 is 12.2 Å². The van der Waals surface area contributed by atoms with Gasteiger partial charge in [0.1, 0.15) is 18.2 Å². The average Bonchev–Trinajstić information content (AvgIpc) is 2.92. The van der Waals surface area contributed by atoms with Crippen molar-refractivity contribution in [3.63, 3.8) is 0 Å². The zero-order chi connectivity index (χ0) is 26.7. The number of unbranched alkanes of at least 4 members (excludes halogenated alkanes) is 1. The van der Waals surface area contributed by atoms with Crippen LogP contribution in [0.25, 0.3) is 0 Å². The Labute approximate surface area is 219 Å². The van der Waals surface area contributed by atoms with Gasteiger partial charge in [-0.2, -0.15) is 0 Å². The van der Waals surface area contributed by atoms with Gasteiger partial charge in [0, 0.05) is 26.2 Å². The maximum atomic E-state index is 13.4. The molecule has 204 valence electrons. The van der Waals surface area contributed by atoms with E-state index in [1.54, 1.807) is 9.80 Å². The van der Waals surface area contributed by atoms with Gasteiger partial charge in [-0.25, -0.2) is 9.59 Å². The van der Waals surface area contributed by atoms with Crippen LogP contribution in [-0.2, 0) is 25.7 Å². The third-order valence-electron chi connectivity index (χ3n) is 6.94. The molecule has 2 saturated heterocycles. The molecule has 2 fully saturated rings. The van der Waals surface area contributed by atoms with E-state index in [0.717, 1.165) is 18.4 Å². The molecule has 1 aromatic carbocycles. The minimum absolute atomic E-state index is 0.0707. The second kappa shape index (κ2) is 13.9. The first-order valence-corrected chi connectivity index (χ1v) is 13.4. The number of nitrogens with one attached hydrogen (secondary N) is 2. The van der Waals surface area contributed by atoms with Crippen LogP contribution in [0.5, 0.6) is 0 Å². The maximum absolute atomic E-state index is 13.4. The van der Waals surface area contributed by atoms with E-state index in [1.807, 2.05) is 44.2 Å². The molecule has 2 heterocycles. The van der Waals surface area contributed by atoms with Gasteiger partial charge in [0.2, 0.25) is 11.8 Å². The largest absolute Gasteiger partial charge is 0.449 e. The summed E-state index contributed by atoms with van der Waals surface area (Å²) in [6.07, 6.45) is 3.26. The standard InChI is InChI=1S/C27H40N4O6/c1-3-16-31-23(32)22(12-8-9-15-28-25(34)37-20-21-10-6-5-7-11-21)29-24(33)27(31)13-17-30(18-14-27)26(35)36-19-4-2/h5-7,10-11,22H,3-4,8-9,12-20H2,1-2H3,(H,28,34)(H,29,33)/t22-/m0/s1. The molecule has 1 aromatic rings. The van der Waals surface area contributed by atoms with Gasteiger partial charge in [0.05, 0.1) is 6.61 Å².